The summed E-state index contributed by atoms with van der Waals surface area (Å²) in [5.74, 6) is -11.9. The minimum atomic E-state index is -1.81. The number of aliphatic carboxylic acids is 1. The van der Waals surface area contributed by atoms with Crippen LogP contribution in [-0.4, -0.2) is 187 Å². The van der Waals surface area contributed by atoms with E-state index in [1.165, 1.54) is 13.8 Å². The number of carboxylic acids is 1. The van der Waals surface area contributed by atoms with Crippen LogP contribution in [0.5, 0.6) is 0 Å². The number of likely N-dealkylation sites (tertiary alicyclic amines) is 2. The van der Waals surface area contributed by atoms with Gasteiger partial charge in [-0.1, -0.05) is 62.4 Å². The van der Waals surface area contributed by atoms with Crippen molar-refractivity contribution < 1.29 is 72.9 Å². The molecule has 0 unspecified atom stereocenters. The summed E-state index contributed by atoms with van der Waals surface area (Å²) in [4.78, 5) is 167. The number of nitrogens with zero attached hydrogens (tertiary/aromatic N) is 2. The van der Waals surface area contributed by atoms with E-state index in [9.17, 15) is 72.9 Å². The third kappa shape index (κ3) is 18.0. The van der Waals surface area contributed by atoms with Crippen molar-refractivity contribution in [3.05, 3.63) is 71.9 Å². The Bertz CT molecular complexity index is 2830. The number of carboxylic acid groups (broad SMARTS) is 1. The van der Waals surface area contributed by atoms with Crippen LogP contribution in [0.3, 0.4) is 0 Å². The topological polar surface area (TPSA) is 450 Å². The number of aliphatic hydroxyl groups is 2. The van der Waals surface area contributed by atoms with Gasteiger partial charge in [-0.3, -0.25) is 52.7 Å². The summed E-state index contributed by atoms with van der Waals surface area (Å²) >= 11 is 0. The van der Waals surface area contributed by atoms with E-state index >= 15 is 0 Å². The summed E-state index contributed by atoms with van der Waals surface area (Å²) in [6, 6.07) is 1.90. The fourth-order valence-electron chi connectivity index (χ4n) is 9.77. The first-order chi connectivity index (χ1) is 38.7. The molecule has 28 heteroatoms. The molecule has 2 fully saturated rings. The molecule has 28 nitrogen and oxygen atoms in total. The van der Waals surface area contributed by atoms with Crippen LogP contribution in [0.25, 0.3) is 10.9 Å². The summed E-state index contributed by atoms with van der Waals surface area (Å²) in [6.45, 7) is 5.34. The predicted octanol–water partition coefficient (Wildman–Crippen LogP) is -4.07. The summed E-state index contributed by atoms with van der Waals surface area (Å²) in [6.07, 6.45) is -2.39. The van der Waals surface area contributed by atoms with Crippen molar-refractivity contribution in [1.29, 1.82) is 0 Å². The lowest BCUT2D eigenvalue weighted by Gasteiger charge is -2.31. The molecule has 3 aromatic rings. The predicted molar refractivity (Wildman–Crippen MR) is 292 cm³/mol. The average molecular weight is 1150 g/mol. The standard InChI is InChI=1S/C54H75N13O15/c1-27(2)20-37(52(79)67-19-11-17-40(67)54(81)82)63-48(75)36(23-41(55)70)61-46(73)34(21-30-12-6-5-7-13-30)62-51(78)45(29(4)69)65-49(76)39-16-10-18-66(39)53(80)38(24-42(56)71)64-47(74)35(22-31-25-58-33-15-9-8-14-32(31)33)60-43(72)26-59-50(77)44(57)28(3)68/h5-9,12-15,25,27-29,34-40,44-45,58,68-69H,10-11,16-24,26,57H2,1-4H3,(H2,55,70)(H2,56,71)(H,59,77)(H,60,72)(H,61,73)(H,62,78)(H,63,75)(H,64,74)(H,65,76)(H,81,82)/t28-,29-,34+,35+,36+,37+,38+,39+,40+,44+,45+/m1/s1. The third-order valence-electron chi connectivity index (χ3n) is 14.0. The highest BCUT2D eigenvalue weighted by Gasteiger charge is 2.43. The van der Waals surface area contributed by atoms with Gasteiger partial charge in [-0.2, -0.15) is 0 Å². The maximum absolute atomic E-state index is 14.4. The first-order valence-corrected chi connectivity index (χ1v) is 27.0. The van der Waals surface area contributed by atoms with Gasteiger partial charge in [0.1, 0.15) is 54.4 Å². The van der Waals surface area contributed by atoms with Gasteiger partial charge in [0.15, 0.2) is 0 Å². The molecule has 2 aromatic carbocycles. The van der Waals surface area contributed by atoms with Crippen LogP contribution in [0.15, 0.2) is 60.8 Å². The van der Waals surface area contributed by atoms with Gasteiger partial charge < -0.3 is 84.5 Å². The molecule has 2 aliphatic rings. The van der Waals surface area contributed by atoms with E-state index < -0.39 is 157 Å². The molecule has 2 saturated heterocycles. The average Bonchev–Trinajstić information content (AvgIpc) is 4.35. The summed E-state index contributed by atoms with van der Waals surface area (Å²) in [5.41, 5.74) is 18.5. The number of benzene rings is 2. The van der Waals surface area contributed by atoms with Crippen molar-refractivity contribution in [2.45, 2.75) is 152 Å². The molecular weight excluding hydrogens is 1070 g/mol. The highest BCUT2D eigenvalue weighted by molar-refractivity contribution is 6.00. The van der Waals surface area contributed by atoms with Gasteiger partial charge >= 0.3 is 5.97 Å². The molecule has 11 atom stereocenters. The number of H-pyrrole nitrogens is 1. The fourth-order valence-corrected chi connectivity index (χ4v) is 9.77. The molecule has 17 N–H and O–H groups in total. The van der Waals surface area contributed by atoms with Crippen LogP contribution in [0, 0.1) is 5.92 Å². The molecule has 2 aliphatic heterocycles. The number of primary amides is 2. The molecule has 0 aliphatic carbocycles. The largest absolute Gasteiger partial charge is 0.480 e. The van der Waals surface area contributed by atoms with Crippen molar-refractivity contribution in [2.24, 2.45) is 23.1 Å². The third-order valence-corrected chi connectivity index (χ3v) is 14.0. The Hall–Kier alpha value is -8.50. The second kappa shape index (κ2) is 29.8. The van der Waals surface area contributed by atoms with Crippen LogP contribution in [0.1, 0.15) is 83.8 Å². The minimum Gasteiger partial charge on any atom is -0.480 e. The number of rotatable bonds is 29. The molecule has 0 radical (unpaired) electrons. The van der Waals surface area contributed by atoms with Crippen molar-refractivity contribution in [2.75, 3.05) is 19.6 Å². The lowest BCUT2D eigenvalue weighted by molar-refractivity contribution is -0.149. The van der Waals surface area contributed by atoms with Gasteiger partial charge in [0.05, 0.1) is 31.6 Å². The molecule has 82 heavy (non-hydrogen) atoms. The van der Waals surface area contributed by atoms with Crippen LogP contribution in [-0.2, 0) is 70.4 Å². The SMILES string of the molecule is CC(C)C[C@H](NC(=O)[C@H](CC(N)=O)NC(=O)[C@H](Cc1ccccc1)NC(=O)[C@@H](NC(=O)[C@@H]1CCCN1C(=O)[C@H](CC(N)=O)NC(=O)[C@H](Cc1c[nH]c2ccccc12)NC(=O)CNC(=O)[C@@H](N)[C@@H](C)O)[C@@H](C)O)C(=O)N1CCC[C@H]1C(=O)O. The monoisotopic (exact) mass is 1150 g/mol. The van der Waals surface area contributed by atoms with Crippen LogP contribution >= 0.6 is 0 Å². The quantitative estimate of drug-likeness (QED) is 0.0314. The molecule has 11 amide bonds. The normalized spacial score (nSPS) is 18.3. The number of carbonyl (C=O) groups is 12. The lowest BCUT2D eigenvalue weighted by Crippen LogP contribution is -2.62. The minimum absolute atomic E-state index is 0.00318. The van der Waals surface area contributed by atoms with E-state index in [1.54, 1.807) is 74.6 Å². The Balaban J connectivity index is 1.33. The number of nitrogens with one attached hydrogen (secondary N) is 8. The zero-order valence-electron chi connectivity index (χ0n) is 46.1. The molecule has 5 rings (SSSR count). The van der Waals surface area contributed by atoms with E-state index in [1.807, 2.05) is 0 Å². The number of aliphatic hydroxyl groups excluding tert-OH is 2. The van der Waals surface area contributed by atoms with Gasteiger partial charge in [0, 0.05) is 43.0 Å². The Labute approximate surface area is 472 Å². The Morgan fingerprint density at radius 1 is 0.610 bits per heavy atom. The summed E-state index contributed by atoms with van der Waals surface area (Å²) in [7, 11) is 0. The van der Waals surface area contributed by atoms with E-state index in [2.05, 4.69) is 42.2 Å². The van der Waals surface area contributed by atoms with Crippen molar-refractivity contribution in [3.8, 4) is 0 Å². The molecular formula is C54H75N13O15. The molecule has 0 saturated carbocycles. The van der Waals surface area contributed by atoms with E-state index in [-0.39, 0.29) is 57.5 Å². The number of amides is 11. The highest BCUT2D eigenvalue weighted by atomic mass is 16.4. The second-order valence-corrected chi connectivity index (χ2v) is 21.0. The number of aromatic amines is 1. The number of para-hydroxylation sites is 1. The molecule has 0 spiro atoms. The molecule has 3 heterocycles. The molecule has 1 aromatic heterocycles. The van der Waals surface area contributed by atoms with Gasteiger partial charge in [-0.05, 0) is 69.1 Å². The van der Waals surface area contributed by atoms with Gasteiger partial charge in [-0.15, -0.1) is 0 Å². The zero-order valence-corrected chi connectivity index (χ0v) is 46.1. The number of aromatic nitrogens is 1. The van der Waals surface area contributed by atoms with Crippen molar-refractivity contribution >= 4 is 81.9 Å². The number of carbonyl (C=O) groups excluding carboxylic acids is 11. The fraction of sp³-hybridized carbons (Fsp3) is 0.519. The summed E-state index contributed by atoms with van der Waals surface area (Å²) in [5, 5.41) is 48.4. The number of hydrogen-bond donors (Lipinski definition) is 14. The maximum atomic E-state index is 14.4. The van der Waals surface area contributed by atoms with Crippen molar-refractivity contribution in [1.82, 2.24) is 52.0 Å². The lowest BCUT2D eigenvalue weighted by atomic mass is 10.0. The molecule has 446 valence electrons. The number of fused-ring (bicyclic) bond motifs is 1. The highest BCUT2D eigenvalue weighted by Crippen LogP contribution is 2.23. The number of nitrogens with two attached hydrogens (primary N) is 3. The van der Waals surface area contributed by atoms with Crippen molar-refractivity contribution in [3.63, 3.8) is 0 Å². The van der Waals surface area contributed by atoms with Crippen LogP contribution in [0.4, 0.5) is 0 Å². The smallest absolute Gasteiger partial charge is 0.326 e. The zero-order chi connectivity index (χ0) is 60.5. The van der Waals surface area contributed by atoms with Gasteiger partial charge in [0.2, 0.25) is 65.0 Å². The Kier molecular flexibility index (Phi) is 23.4. The van der Waals surface area contributed by atoms with Crippen LogP contribution in [0.2, 0.25) is 0 Å². The number of hydrogen-bond acceptors (Lipinski definition) is 15. The first kappa shape index (κ1) is 64.3. The Morgan fingerprint density at radius 3 is 1.73 bits per heavy atom. The maximum Gasteiger partial charge on any atom is 0.326 e. The molecule has 0 bridgehead atoms. The van der Waals surface area contributed by atoms with E-state index in [0.717, 1.165) is 9.80 Å². The summed E-state index contributed by atoms with van der Waals surface area (Å²) < 4.78 is 0. The van der Waals surface area contributed by atoms with Gasteiger partial charge in [0.25, 0.3) is 0 Å². The van der Waals surface area contributed by atoms with Gasteiger partial charge in [-0.25, -0.2) is 4.79 Å². The first-order valence-electron chi connectivity index (χ1n) is 27.0. The van der Waals surface area contributed by atoms with Crippen LogP contribution < -0.4 is 54.4 Å². The van der Waals surface area contributed by atoms with E-state index in [0.29, 0.717) is 28.5 Å². The Morgan fingerprint density at radius 2 is 1.13 bits per heavy atom. The second-order valence-electron chi connectivity index (χ2n) is 21.0. The van der Waals surface area contributed by atoms with E-state index in [4.69, 9.17) is 17.2 Å².